The molecular weight excluding hydrogens is 245 g/mol. The number of nitrogens with one attached hydrogen (secondary N) is 1. The summed E-state index contributed by atoms with van der Waals surface area (Å²) in [5.41, 5.74) is 0.594. The number of halogens is 1. The van der Waals surface area contributed by atoms with E-state index in [2.05, 4.69) is 15.5 Å². The van der Waals surface area contributed by atoms with Gasteiger partial charge in [-0.15, -0.1) is 0 Å². The molecule has 3 rings (SSSR count). The lowest BCUT2D eigenvalue weighted by Crippen LogP contribution is -2.28. The van der Waals surface area contributed by atoms with Crippen LogP contribution in [0.1, 0.15) is 36.0 Å². The Morgan fingerprint density at radius 3 is 3.05 bits per heavy atom. The van der Waals surface area contributed by atoms with Crippen molar-refractivity contribution < 1.29 is 8.91 Å². The summed E-state index contributed by atoms with van der Waals surface area (Å²) in [4.78, 5) is 4.39. The van der Waals surface area contributed by atoms with E-state index >= 15 is 0 Å². The highest BCUT2D eigenvalue weighted by atomic mass is 19.1. The fourth-order valence-corrected chi connectivity index (χ4v) is 2.38. The molecule has 1 aliphatic rings. The first kappa shape index (κ1) is 12.3. The Bertz CT molecular complexity index is 549. The molecule has 0 spiro atoms. The van der Waals surface area contributed by atoms with Crippen LogP contribution in [0.15, 0.2) is 28.8 Å². The van der Waals surface area contributed by atoms with Crippen LogP contribution in [0.4, 0.5) is 4.39 Å². The van der Waals surface area contributed by atoms with Gasteiger partial charge in [0, 0.05) is 13.0 Å². The van der Waals surface area contributed by atoms with E-state index in [-0.39, 0.29) is 11.7 Å². The molecule has 0 bridgehead atoms. The van der Waals surface area contributed by atoms with Crippen LogP contribution < -0.4 is 5.32 Å². The lowest BCUT2D eigenvalue weighted by molar-refractivity contribution is 0.320. The molecule has 1 fully saturated rings. The molecule has 100 valence electrons. The Labute approximate surface area is 111 Å². The first-order valence-corrected chi connectivity index (χ1v) is 6.59. The van der Waals surface area contributed by atoms with Crippen LogP contribution in [-0.2, 0) is 6.42 Å². The molecule has 1 aromatic heterocycles. The summed E-state index contributed by atoms with van der Waals surface area (Å²) in [6.45, 7) is 1.92. The van der Waals surface area contributed by atoms with Gasteiger partial charge < -0.3 is 9.84 Å². The van der Waals surface area contributed by atoms with Crippen molar-refractivity contribution in [1.29, 1.82) is 0 Å². The van der Waals surface area contributed by atoms with Crippen LogP contribution in [0, 0.1) is 5.82 Å². The summed E-state index contributed by atoms with van der Waals surface area (Å²) in [6, 6.07) is 6.67. The van der Waals surface area contributed by atoms with E-state index in [4.69, 9.17) is 4.52 Å². The first-order valence-electron chi connectivity index (χ1n) is 6.59. The van der Waals surface area contributed by atoms with Gasteiger partial charge in [-0.2, -0.15) is 4.98 Å². The molecule has 0 amide bonds. The lowest BCUT2D eigenvalue weighted by atomic mass is 10.00. The van der Waals surface area contributed by atoms with Crippen molar-refractivity contribution in [3.05, 3.63) is 47.4 Å². The van der Waals surface area contributed by atoms with E-state index in [1.807, 2.05) is 6.07 Å². The number of benzene rings is 1. The molecule has 2 heterocycles. The Kier molecular flexibility index (Phi) is 3.55. The highest BCUT2D eigenvalue weighted by molar-refractivity contribution is 5.20. The number of rotatable bonds is 3. The minimum absolute atomic E-state index is 0.229. The minimum atomic E-state index is -0.229. The Balaban J connectivity index is 1.73. The van der Waals surface area contributed by atoms with Gasteiger partial charge in [0.05, 0.1) is 5.92 Å². The van der Waals surface area contributed by atoms with Crippen LogP contribution in [0.3, 0.4) is 0 Å². The third-order valence-electron chi connectivity index (χ3n) is 3.44. The van der Waals surface area contributed by atoms with Gasteiger partial charge in [-0.25, -0.2) is 4.39 Å². The van der Waals surface area contributed by atoms with Crippen molar-refractivity contribution in [3.63, 3.8) is 0 Å². The quantitative estimate of drug-likeness (QED) is 0.920. The average Bonchev–Trinajstić information content (AvgIpc) is 2.91. The number of nitrogens with zero attached hydrogens (tertiary/aromatic N) is 2. The normalized spacial score (nSPS) is 19.5. The van der Waals surface area contributed by atoms with E-state index in [9.17, 15) is 4.39 Å². The Morgan fingerprint density at radius 2 is 2.26 bits per heavy atom. The fraction of sp³-hybridized carbons (Fsp3) is 0.429. The van der Waals surface area contributed by atoms with Crippen molar-refractivity contribution in [3.8, 4) is 0 Å². The van der Waals surface area contributed by atoms with Gasteiger partial charge in [0.25, 0.3) is 0 Å². The van der Waals surface area contributed by atoms with Crippen molar-refractivity contribution in [2.75, 3.05) is 13.1 Å². The zero-order chi connectivity index (χ0) is 13.1. The highest BCUT2D eigenvalue weighted by Gasteiger charge is 2.21. The lowest BCUT2D eigenvalue weighted by Gasteiger charge is -2.18. The van der Waals surface area contributed by atoms with Crippen LogP contribution in [0.5, 0.6) is 0 Å². The molecule has 0 aliphatic carbocycles. The van der Waals surface area contributed by atoms with Gasteiger partial charge in [0.2, 0.25) is 5.89 Å². The molecule has 1 saturated heterocycles. The molecule has 5 heteroatoms. The second-order valence-electron chi connectivity index (χ2n) is 4.86. The van der Waals surface area contributed by atoms with E-state index in [1.165, 1.54) is 6.07 Å². The second kappa shape index (κ2) is 5.48. The highest BCUT2D eigenvalue weighted by Crippen LogP contribution is 2.22. The Hall–Kier alpha value is -1.75. The topological polar surface area (TPSA) is 51.0 Å². The first-order chi connectivity index (χ1) is 9.33. The molecule has 1 unspecified atom stereocenters. The van der Waals surface area contributed by atoms with Crippen molar-refractivity contribution in [1.82, 2.24) is 15.5 Å². The smallest absolute Gasteiger partial charge is 0.231 e. The number of hydrogen-bond donors (Lipinski definition) is 1. The summed E-state index contributed by atoms with van der Waals surface area (Å²) in [5.74, 6) is 1.27. The van der Waals surface area contributed by atoms with Crippen molar-refractivity contribution in [2.45, 2.75) is 25.2 Å². The SMILES string of the molecule is Fc1ccccc1Cc1noc(C2CCCNC2)n1. The molecule has 1 aliphatic heterocycles. The molecule has 0 radical (unpaired) electrons. The van der Waals surface area contributed by atoms with Crippen molar-refractivity contribution in [2.24, 2.45) is 0 Å². The Morgan fingerprint density at radius 1 is 1.37 bits per heavy atom. The van der Waals surface area contributed by atoms with E-state index < -0.39 is 0 Å². The number of hydrogen-bond acceptors (Lipinski definition) is 4. The largest absolute Gasteiger partial charge is 0.339 e. The van der Waals surface area contributed by atoms with E-state index in [0.717, 1.165) is 25.9 Å². The van der Waals surface area contributed by atoms with Gasteiger partial charge in [0.15, 0.2) is 5.82 Å². The van der Waals surface area contributed by atoms with Crippen molar-refractivity contribution >= 4 is 0 Å². The maximum atomic E-state index is 13.5. The molecule has 1 atom stereocenters. The summed E-state index contributed by atoms with van der Waals surface area (Å²) in [5, 5.41) is 7.26. The third kappa shape index (κ3) is 2.81. The van der Waals surface area contributed by atoms with Crippen LogP contribution in [-0.4, -0.2) is 23.2 Å². The van der Waals surface area contributed by atoms with Gasteiger partial charge in [-0.1, -0.05) is 23.4 Å². The summed E-state index contributed by atoms with van der Waals surface area (Å²) >= 11 is 0. The third-order valence-corrected chi connectivity index (χ3v) is 3.44. The molecule has 1 aromatic carbocycles. The van der Waals surface area contributed by atoms with Crippen LogP contribution in [0.2, 0.25) is 0 Å². The maximum absolute atomic E-state index is 13.5. The predicted octanol–water partition coefficient (Wildman–Crippen LogP) is 2.27. The molecule has 2 aromatic rings. The fourth-order valence-electron chi connectivity index (χ4n) is 2.38. The molecule has 4 nitrogen and oxygen atoms in total. The molecule has 0 saturated carbocycles. The van der Waals surface area contributed by atoms with Gasteiger partial charge in [-0.05, 0) is 31.0 Å². The molecule has 19 heavy (non-hydrogen) atoms. The van der Waals surface area contributed by atoms with Crippen LogP contribution >= 0.6 is 0 Å². The second-order valence-corrected chi connectivity index (χ2v) is 4.86. The van der Waals surface area contributed by atoms with Gasteiger partial charge in [0.1, 0.15) is 5.82 Å². The number of aromatic nitrogens is 2. The van der Waals surface area contributed by atoms with Gasteiger partial charge in [-0.3, -0.25) is 0 Å². The van der Waals surface area contributed by atoms with Crippen LogP contribution in [0.25, 0.3) is 0 Å². The zero-order valence-corrected chi connectivity index (χ0v) is 10.6. The number of piperidine rings is 1. The summed E-state index contributed by atoms with van der Waals surface area (Å²) < 4.78 is 18.8. The summed E-state index contributed by atoms with van der Waals surface area (Å²) in [7, 11) is 0. The van der Waals surface area contributed by atoms with E-state index in [0.29, 0.717) is 23.7 Å². The average molecular weight is 261 g/mol. The monoisotopic (exact) mass is 261 g/mol. The molecule has 1 N–H and O–H groups in total. The predicted molar refractivity (Wildman–Crippen MR) is 68.3 cm³/mol. The standard InChI is InChI=1S/C14H16FN3O/c15-12-6-2-1-4-10(12)8-13-17-14(19-18-13)11-5-3-7-16-9-11/h1-2,4,6,11,16H,3,5,7-9H2. The van der Waals surface area contributed by atoms with Gasteiger partial charge >= 0.3 is 0 Å². The van der Waals surface area contributed by atoms with E-state index in [1.54, 1.807) is 12.1 Å². The maximum Gasteiger partial charge on any atom is 0.231 e. The summed E-state index contributed by atoms with van der Waals surface area (Å²) in [6.07, 6.45) is 2.56. The minimum Gasteiger partial charge on any atom is -0.339 e. The molecular formula is C14H16FN3O. The zero-order valence-electron chi connectivity index (χ0n) is 10.6.